The van der Waals surface area contributed by atoms with Crippen LogP contribution in [0.25, 0.3) is 10.9 Å². The molecule has 2 heterocycles. The molecule has 5 heteroatoms. The average Bonchev–Trinajstić information content (AvgIpc) is 2.83. The molecule has 0 spiro atoms. The summed E-state index contributed by atoms with van der Waals surface area (Å²) in [4.78, 5) is 5.76. The molecule has 0 fully saturated rings. The van der Waals surface area contributed by atoms with Crippen molar-refractivity contribution in [2.75, 3.05) is 26.9 Å². The standard InChI is InChI=1S/C16H21N3S2/c1-19(2)10-16(15(20)21-3)8-12-11-6-4-5-7-13(11)18-14(12)9-17-16/h4-7,17-18H,8-10H2,1-3H3. The number of fused-ring (bicyclic) bond motifs is 3. The first-order valence-corrected chi connectivity index (χ1v) is 8.76. The predicted molar refractivity (Wildman–Crippen MR) is 96.2 cm³/mol. The summed E-state index contributed by atoms with van der Waals surface area (Å²) in [6.07, 6.45) is 3.02. The number of benzene rings is 1. The minimum absolute atomic E-state index is 0.129. The predicted octanol–water partition coefficient (Wildman–Crippen LogP) is 2.80. The van der Waals surface area contributed by atoms with Gasteiger partial charge < -0.3 is 9.88 Å². The van der Waals surface area contributed by atoms with E-state index in [0.29, 0.717) is 0 Å². The third kappa shape index (κ3) is 2.63. The van der Waals surface area contributed by atoms with Crippen molar-refractivity contribution in [2.45, 2.75) is 18.5 Å². The van der Waals surface area contributed by atoms with Crippen LogP contribution in [0.1, 0.15) is 11.3 Å². The number of thiocarbonyl (C=S) groups is 1. The van der Waals surface area contributed by atoms with Crippen LogP contribution in [0, 0.1) is 0 Å². The van der Waals surface area contributed by atoms with E-state index < -0.39 is 0 Å². The molecule has 1 unspecified atom stereocenters. The Morgan fingerprint density at radius 1 is 1.38 bits per heavy atom. The van der Waals surface area contributed by atoms with Gasteiger partial charge in [-0.2, -0.15) is 0 Å². The number of hydrogen-bond acceptors (Lipinski definition) is 4. The molecule has 0 radical (unpaired) electrons. The Bertz CT molecular complexity index is 677. The van der Waals surface area contributed by atoms with E-state index in [4.69, 9.17) is 12.2 Å². The summed E-state index contributed by atoms with van der Waals surface area (Å²) in [5.74, 6) is 0. The molecule has 1 aliphatic heterocycles. The van der Waals surface area contributed by atoms with E-state index in [-0.39, 0.29) is 5.54 Å². The minimum atomic E-state index is -0.129. The number of hydrogen-bond donors (Lipinski definition) is 2. The van der Waals surface area contributed by atoms with Gasteiger partial charge in [0.05, 0.1) is 9.74 Å². The van der Waals surface area contributed by atoms with Gasteiger partial charge in [0.2, 0.25) is 0 Å². The molecule has 0 saturated heterocycles. The second kappa shape index (κ2) is 5.72. The van der Waals surface area contributed by atoms with Gasteiger partial charge in [-0.05, 0) is 38.4 Å². The summed E-state index contributed by atoms with van der Waals surface area (Å²) >= 11 is 7.38. The van der Waals surface area contributed by atoms with Crippen molar-refractivity contribution < 1.29 is 0 Å². The van der Waals surface area contributed by atoms with Gasteiger partial charge in [-0.1, -0.05) is 30.4 Å². The number of nitrogens with one attached hydrogen (secondary N) is 2. The zero-order valence-electron chi connectivity index (χ0n) is 12.7. The van der Waals surface area contributed by atoms with Crippen molar-refractivity contribution in [2.24, 2.45) is 0 Å². The number of H-pyrrole nitrogens is 1. The molecule has 3 nitrogen and oxygen atoms in total. The molecule has 0 bridgehead atoms. The van der Waals surface area contributed by atoms with Gasteiger partial charge in [0.25, 0.3) is 0 Å². The Balaban J connectivity index is 2.06. The van der Waals surface area contributed by atoms with E-state index in [0.717, 1.165) is 23.7 Å². The van der Waals surface area contributed by atoms with Crippen LogP contribution in [0.3, 0.4) is 0 Å². The highest BCUT2D eigenvalue weighted by Gasteiger charge is 2.39. The number of aromatic amines is 1. The van der Waals surface area contributed by atoms with Crippen LogP contribution in [0.5, 0.6) is 0 Å². The van der Waals surface area contributed by atoms with Crippen molar-refractivity contribution in [1.82, 2.24) is 15.2 Å². The third-order valence-corrected chi connectivity index (χ3v) is 5.80. The number of aromatic nitrogens is 1. The van der Waals surface area contributed by atoms with E-state index in [1.165, 1.54) is 22.2 Å². The molecule has 1 atom stereocenters. The molecule has 2 aromatic rings. The summed E-state index contributed by atoms with van der Waals surface area (Å²) in [5.41, 5.74) is 3.81. The second-order valence-electron chi connectivity index (χ2n) is 5.97. The van der Waals surface area contributed by atoms with E-state index >= 15 is 0 Å². The Labute approximate surface area is 135 Å². The number of nitrogens with zero attached hydrogens (tertiary/aromatic N) is 1. The van der Waals surface area contributed by atoms with Crippen LogP contribution in [-0.2, 0) is 13.0 Å². The van der Waals surface area contributed by atoms with Gasteiger partial charge in [0.15, 0.2) is 0 Å². The zero-order chi connectivity index (χ0) is 15.0. The number of rotatable bonds is 3. The second-order valence-corrected chi connectivity index (χ2v) is 7.45. The number of likely N-dealkylation sites (N-methyl/N-ethyl adjacent to an activating group) is 1. The Hall–Kier alpha value is -0.880. The Kier molecular flexibility index (Phi) is 4.10. The largest absolute Gasteiger partial charge is 0.357 e. The summed E-state index contributed by atoms with van der Waals surface area (Å²) in [5, 5.41) is 5.03. The molecule has 1 aromatic carbocycles. The van der Waals surface area contributed by atoms with Gasteiger partial charge in [0, 0.05) is 29.7 Å². The van der Waals surface area contributed by atoms with Crippen LogP contribution >= 0.6 is 24.0 Å². The topological polar surface area (TPSA) is 31.1 Å². The highest BCUT2D eigenvalue weighted by Crippen LogP contribution is 2.33. The first kappa shape index (κ1) is 15.0. The number of para-hydroxylation sites is 1. The highest BCUT2D eigenvalue weighted by molar-refractivity contribution is 8.22. The molecular weight excluding hydrogens is 298 g/mol. The normalized spacial score (nSPS) is 21.7. The molecule has 112 valence electrons. The molecule has 0 amide bonds. The molecule has 1 aliphatic rings. The highest BCUT2D eigenvalue weighted by atomic mass is 32.2. The lowest BCUT2D eigenvalue weighted by Gasteiger charge is -2.40. The molecular formula is C16H21N3S2. The smallest absolute Gasteiger partial charge is 0.0771 e. The van der Waals surface area contributed by atoms with Crippen LogP contribution in [0.15, 0.2) is 24.3 Å². The van der Waals surface area contributed by atoms with Crippen LogP contribution < -0.4 is 5.32 Å². The summed E-state index contributed by atoms with van der Waals surface area (Å²) < 4.78 is 1.05. The summed E-state index contributed by atoms with van der Waals surface area (Å²) in [7, 11) is 4.22. The third-order valence-electron chi connectivity index (χ3n) is 4.15. The lowest BCUT2D eigenvalue weighted by Crippen LogP contribution is -2.59. The molecule has 21 heavy (non-hydrogen) atoms. The van der Waals surface area contributed by atoms with E-state index in [9.17, 15) is 0 Å². The van der Waals surface area contributed by atoms with Crippen molar-refractivity contribution in [3.63, 3.8) is 0 Å². The summed E-state index contributed by atoms with van der Waals surface area (Å²) in [6, 6.07) is 8.54. The lowest BCUT2D eigenvalue weighted by atomic mass is 9.87. The first-order chi connectivity index (χ1) is 10.1. The quantitative estimate of drug-likeness (QED) is 0.852. The SMILES string of the molecule is CSC(=S)C1(CN(C)C)Cc2c([nH]c3ccccc23)CN1. The molecule has 2 N–H and O–H groups in total. The lowest BCUT2D eigenvalue weighted by molar-refractivity contribution is 0.286. The fourth-order valence-electron chi connectivity index (χ4n) is 3.29. The van der Waals surface area contributed by atoms with Gasteiger partial charge in [-0.25, -0.2) is 0 Å². The van der Waals surface area contributed by atoms with Crippen LogP contribution in [-0.4, -0.2) is 46.5 Å². The van der Waals surface area contributed by atoms with Gasteiger partial charge >= 0.3 is 0 Å². The Morgan fingerprint density at radius 3 is 2.86 bits per heavy atom. The van der Waals surface area contributed by atoms with Crippen molar-refractivity contribution in [3.05, 3.63) is 35.5 Å². The monoisotopic (exact) mass is 319 g/mol. The van der Waals surface area contributed by atoms with Crippen molar-refractivity contribution >= 4 is 39.1 Å². The number of thioether (sulfide) groups is 1. The Morgan fingerprint density at radius 2 is 2.14 bits per heavy atom. The van der Waals surface area contributed by atoms with Gasteiger partial charge in [-0.3, -0.25) is 5.32 Å². The van der Waals surface area contributed by atoms with Crippen LogP contribution in [0.2, 0.25) is 0 Å². The average molecular weight is 319 g/mol. The van der Waals surface area contributed by atoms with E-state index in [1.807, 2.05) is 0 Å². The van der Waals surface area contributed by atoms with Gasteiger partial charge in [-0.15, -0.1) is 11.8 Å². The van der Waals surface area contributed by atoms with Crippen molar-refractivity contribution in [1.29, 1.82) is 0 Å². The molecule has 0 saturated carbocycles. The molecule has 0 aliphatic carbocycles. The maximum atomic E-state index is 5.70. The maximum Gasteiger partial charge on any atom is 0.0771 e. The van der Waals surface area contributed by atoms with Crippen molar-refractivity contribution in [3.8, 4) is 0 Å². The maximum absolute atomic E-state index is 5.70. The van der Waals surface area contributed by atoms with E-state index in [1.54, 1.807) is 11.8 Å². The van der Waals surface area contributed by atoms with Gasteiger partial charge in [0.1, 0.15) is 0 Å². The summed E-state index contributed by atoms with van der Waals surface area (Å²) in [6.45, 7) is 1.77. The molecule has 3 rings (SSSR count). The minimum Gasteiger partial charge on any atom is -0.357 e. The van der Waals surface area contributed by atoms with Crippen LogP contribution in [0.4, 0.5) is 0 Å². The fourth-order valence-corrected chi connectivity index (χ4v) is 4.09. The first-order valence-electron chi connectivity index (χ1n) is 7.12. The zero-order valence-corrected chi connectivity index (χ0v) is 14.3. The molecule has 1 aromatic heterocycles. The van der Waals surface area contributed by atoms with E-state index in [2.05, 4.69) is 59.8 Å². The fraction of sp³-hybridized carbons (Fsp3) is 0.438.